The number of nitrogens with two attached hydrogens (primary N) is 1. The van der Waals surface area contributed by atoms with Gasteiger partial charge in [0, 0.05) is 6.04 Å². The molecule has 2 unspecified atom stereocenters. The first-order chi connectivity index (χ1) is 10.2. The van der Waals surface area contributed by atoms with Crippen LogP contribution in [0.25, 0.3) is 0 Å². The van der Waals surface area contributed by atoms with Gasteiger partial charge in [0.05, 0.1) is 0 Å². The van der Waals surface area contributed by atoms with Gasteiger partial charge in [-0.05, 0) is 48.1 Å². The van der Waals surface area contributed by atoms with Crippen LogP contribution < -0.4 is 10.5 Å². The molecule has 1 aliphatic carbocycles. The lowest BCUT2D eigenvalue weighted by molar-refractivity contribution is 0.108. The number of aliphatic hydroxyl groups is 1. The van der Waals surface area contributed by atoms with Crippen molar-refractivity contribution < 1.29 is 9.84 Å². The highest BCUT2D eigenvalue weighted by Crippen LogP contribution is 2.30. The molecule has 0 fully saturated rings. The van der Waals surface area contributed by atoms with Crippen LogP contribution in [-0.2, 0) is 6.42 Å². The number of hydrogen-bond donors (Lipinski definition) is 2. The van der Waals surface area contributed by atoms with Gasteiger partial charge in [0.1, 0.15) is 18.5 Å². The number of rotatable bonds is 4. The zero-order chi connectivity index (χ0) is 14.7. The highest BCUT2D eigenvalue weighted by atomic mass is 16.5. The maximum absolute atomic E-state index is 10.1. The van der Waals surface area contributed by atoms with Gasteiger partial charge in [-0.2, -0.15) is 0 Å². The Morgan fingerprint density at radius 1 is 1.19 bits per heavy atom. The Labute approximate surface area is 125 Å². The topological polar surface area (TPSA) is 55.5 Å². The minimum Gasteiger partial charge on any atom is -0.491 e. The van der Waals surface area contributed by atoms with E-state index in [1.807, 2.05) is 36.4 Å². The predicted octanol–water partition coefficient (Wildman–Crippen LogP) is 3.14. The Morgan fingerprint density at radius 2 is 2.00 bits per heavy atom. The van der Waals surface area contributed by atoms with Crippen molar-refractivity contribution in [3.05, 3.63) is 65.2 Å². The fourth-order valence-electron chi connectivity index (χ4n) is 2.86. The van der Waals surface area contributed by atoms with Crippen LogP contribution in [0.1, 0.15) is 41.7 Å². The van der Waals surface area contributed by atoms with E-state index in [1.54, 1.807) is 0 Å². The number of ether oxygens (including phenoxy) is 1. The summed E-state index contributed by atoms with van der Waals surface area (Å²) in [6, 6.07) is 15.8. The summed E-state index contributed by atoms with van der Waals surface area (Å²) in [6.07, 6.45) is 2.63. The summed E-state index contributed by atoms with van der Waals surface area (Å²) in [5.74, 6) is 0.804. The zero-order valence-electron chi connectivity index (χ0n) is 12.0. The summed E-state index contributed by atoms with van der Waals surface area (Å²) in [4.78, 5) is 0. The Bertz CT molecular complexity index is 597. The summed E-state index contributed by atoms with van der Waals surface area (Å²) in [7, 11) is 0. The van der Waals surface area contributed by atoms with Crippen LogP contribution in [0.15, 0.2) is 48.5 Å². The van der Waals surface area contributed by atoms with Gasteiger partial charge in [-0.15, -0.1) is 0 Å². The van der Waals surface area contributed by atoms with Gasteiger partial charge >= 0.3 is 0 Å². The Hall–Kier alpha value is -1.84. The molecular weight excluding hydrogens is 262 g/mol. The summed E-state index contributed by atoms with van der Waals surface area (Å²) >= 11 is 0. The molecule has 21 heavy (non-hydrogen) atoms. The molecule has 110 valence electrons. The van der Waals surface area contributed by atoms with Crippen LogP contribution in [0.3, 0.4) is 0 Å². The van der Waals surface area contributed by atoms with Gasteiger partial charge in [0.15, 0.2) is 0 Å². The van der Waals surface area contributed by atoms with Crippen LogP contribution >= 0.6 is 0 Å². The number of aliphatic hydroxyl groups excluding tert-OH is 1. The number of hydrogen-bond acceptors (Lipinski definition) is 3. The van der Waals surface area contributed by atoms with Crippen molar-refractivity contribution in [1.82, 2.24) is 0 Å². The third-order valence-corrected chi connectivity index (χ3v) is 4.07. The largest absolute Gasteiger partial charge is 0.491 e. The molecule has 0 aromatic heterocycles. The summed E-state index contributed by atoms with van der Waals surface area (Å²) in [5, 5.41) is 10.1. The summed E-state index contributed by atoms with van der Waals surface area (Å²) < 4.78 is 5.73. The molecule has 3 N–H and O–H groups in total. The first kappa shape index (κ1) is 14.1. The van der Waals surface area contributed by atoms with Gasteiger partial charge in [-0.1, -0.05) is 36.4 Å². The van der Waals surface area contributed by atoms with Crippen molar-refractivity contribution in [2.24, 2.45) is 5.73 Å². The molecular formula is C18H21NO2. The molecule has 3 heteroatoms. The highest BCUT2D eigenvalue weighted by molar-refractivity contribution is 5.39. The molecule has 3 rings (SSSR count). The fourth-order valence-corrected chi connectivity index (χ4v) is 2.86. The van der Waals surface area contributed by atoms with Crippen LogP contribution in [0.4, 0.5) is 0 Å². The maximum Gasteiger partial charge on any atom is 0.119 e. The van der Waals surface area contributed by atoms with Gasteiger partial charge < -0.3 is 15.6 Å². The highest BCUT2D eigenvalue weighted by Gasteiger charge is 2.17. The monoisotopic (exact) mass is 283 g/mol. The lowest BCUT2D eigenvalue weighted by Gasteiger charge is -2.23. The fraction of sp³-hybridized carbons (Fsp3) is 0.333. The van der Waals surface area contributed by atoms with Crippen molar-refractivity contribution in [2.75, 3.05) is 6.61 Å². The molecule has 1 aliphatic rings. The van der Waals surface area contributed by atoms with Crippen molar-refractivity contribution in [1.29, 1.82) is 0 Å². The van der Waals surface area contributed by atoms with E-state index in [0.717, 1.165) is 30.6 Å². The van der Waals surface area contributed by atoms with Gasteiger partial charge in [0.2, 0.25) is 0 Å². The van der Waals surface area contributed by atoms with Crippen molar-refractivity contribution in [3.63, 3.8) is 0 Å². The van der Waals surface area contributed by atoms with E-state index in [0.29, 0.717) is 0 Å². The normalized spacial score (nSPS) is 18.9. The Balaban J connectivity index is 1.66. The second-order valence-corrected chi connectivity index (χ2v) is 5.60. The second-order valence-electron chi connectivity index (χ2n) is 5.60. The van der Waals surface area contributed by atoms with Crippen molar-refractivity contribution in [3.8, 4) is 5.75 Å². The number of aryl methyl sites for hydroxylation is 1. The minimum atomic E-state index is -0.607. The minimum absolute atomic E-state index is 0.151. The van der Waals surface area contributed by atoms with E-state index in [4.69, 9.17) is 10.5 Å². The number of fused-ring (bicyclic) bond motifs is 1. The molecule has 0 heterocycles. The van der Waals surface area contributed by atoms with E-state index < -0.39 is 6.10 Å². The lowest BCUT2D eigenvalue weighted by atomic mass is 9.88. The van der Waals surface area contributed by atoms with E-state index >= 15 is 0 Å². The first-order valence-corrected chi connectivity index (χ1v) is 7.48. The molecule has 3 nitrogen and oxygen atoms in total. The average Bonchev–Trinajstić information content (AvgIpc) is 2.53. The molecule has 0 aliphatic heterocycles. The van der Waals surface area contributed by atoms with E-state index in [2.05, 4.69) is 12.1 Å². The standard InChI is InChI=1S/C18H21NO2/c19-17-8-4-7-14-11-15(9-10-16(14)17)21-12-18(20)13-5-2-1-3-6-13/h1-3,5-6,9-11,17-18,20H,4,7-8,12,19H2. The molecule has 0 spiro atoms. The lowest BCUT2D eigenvalue weighted by Crippen LogP contribution is -2.17. The van der Waals surface area contributed by atoms with Crippen LogP contribution in [0.5, 0.6) is 5.75 Å². The van der Waals surface area contributed by atoms with Crippen LogP contribution in [0, 0.1) is 0 Å². The van der Waals surface area contributed by atoms with E-state index in [9.17, 15) is 5.11 Å². The molecule has 2 aromatic rings. The Kier molecular flexibility index (Phi) is 4.23. The second kappa shape index (κ2) is 6.29. The summed E-state index contributed by atoms with van der Waals surface area (Å²) in [5.41, 5.74) is 9.50. The first-order valence-electron chi connectivity index (χ1n) is 7.48. The average molecular weight is 283 g/mol. The summed E-state index contributed by atoms with van der Waals surface area (Å²) in [6.45, 7) is 0.259. The molecule has 0 radical (unpaired) electrons. The van der Waals surface area contributed by atoms with Crippen LogP contribution in [-0.4, -0.2) is 11.7 Å². The van der Waals surface area contributed by atoms with E-state index in [-0.39, 0.29) is 12.6 Å². The molecule has 0 saturated heterocycles. The van der Waals surface area contributed by atoms with Crippen molar-refractivity contribution >= 4 is 0 Å². The molecule has 0 saturated carbocycles. The van der Waals surface area contributed by atoms with Gasteiger partial charge in [0.25, 0.3) is 0 Å². The maximum atomic E-state index is 10.1. The van der Waals surface area contributed by atoms with E-state index in [1.165, 1.54) is 11.1 Å². The molecule has 0 bridgehead atoms. The number of benzene rings is 2. The predicted molar refractivity (Wildman–Crippen MR) is 83.2 cm³/mol. The third-order valence-electron chi connectivity index (χ3n) is 4.07. The molecule has 0 amide bonds. The molecule has 2 aromatic carbocycles. The van der Waals surface area contributed by atoms with Crippen molar-refractivity contribution in [2.45, 2.75) is 31.4 Å². The van der Waals surface area contributed by atoms with Gasteiger partial charge in [-0.25, -0.2) is 0 Å². The SMILES string of the molecule is NC1CCCc2cc(OCC(O)c3ccccc3)ccc21. The van der Waals surface area contributed by atoms with Gasteiger partial charge in [-0.3, -0.25) is 0 Å². The third kappa shape index (κ3) is 3.26. The quantitative estimate of drug-likeness (QED) is 0.906. The zero-order valence-corrected chi connectivity index (χ0v) is 12.0. The Morgan fingerprint density at radius 3 is 2.81 bits per heavy atom. The van der Waals surface area contributed by atoms with Crippen LogP contribution in [0.2, 0.25) is 0 Å². The smallest absolute Gasteiger partial charge is 0.119 e. The molecule has 2 atom stereocenters.